The molecule has 22 heavy (non-hydrogen) atoms. The van der Waals surface area contributed by atoms with Crippen molar-refractivity contribution in [1.29, 1.82) is 0 Å². The van der Waals surface area contributed by atoms with Gasteiger partial charge in [0.2, 0.25) is 5.95 Å². The van der Waals surface area contributed by atoms with Gasteiger partial charge in [-0.3, -0.25) is 0 Å². The van der Waals surface area contributed by atoms with Gasteiger partial charge in [-0.2, -0.15) is 0 Å². The number of nitrogens with zero attached hydrogens (tertiary/aromatic N) is 5. The Kier molecular flexibility index (Phi) is 4.43. The second-order valence-corrected chi connectivity index (χ2v) is 5.15. The van der Waals surface area contributed by atoms with E-state index in [2.05, 4.69) is 37.0 Å². The Labute approximate surface area is 129 Å². The van der Waals surface area contributed by atoms with Crippen molar-refractivity contribution in [2.75, 3.05) is 42.9 Å². The molecule has 1 aliphatic heterocycles. The molecule has 0 amide bonds. The quantitative estimate of drug-likeness (QED) is 0.931. The molecule has 2 aromatic heterocycles. The maximum atomic E-state index is 12.8. The maximum absolute atomic E-state index is 12.8. The van der Waals surface area contributed by atoms with E-state index in [-0.39, 0.29) is 0 Å². The van der Waals surface area contributed by atoms with Gasteiger partial charge in [0, 0.05) is 26.2 Å². The molecule has 0 aliphatic carbocycles. The van der Waals surface area contributed by atoms with Crippen molar-refractivity contribution in [3.05, 3.63) is 36.4 Å². The van der Waals surface area contributed by atoms with Gasteiger partial charge in [0.15, 0.2) is 5.82 Å². The molecule has 0 spiro atoms. The number of aromatic nitrogens is 3. The molecule has 1 N–H and O–H groups in total. The summed E-state index contributed by atoms with van der Waals surface area (Å²) in [7, 11) is 0. The molecule has 116 valence electrons. The summed E-state index contributed by atoms with van der Waals surface area (Å²) in [5, 5.41) is 2.99. The first-order chi connectivity index (χ1) is 10.7. The number of hydrogen-bond donors (Lipinski definition) is 1. The molecule has 0 unspecified atom stereocenters. The van der Waals surface area contributed by atoms with Gasteiger partial charge >= 0.3 is 0 Å². The van der Waals surface area contributed by atoms with Crippen molar-refractivity contribution in [3.63, 3.8) is 0 Å². The van der Waals surface area contributed by atoms with Crippen LogP contribution in [0.3, 0.4) is 0 Å². The summed E-state index contributed by atoms with van der Waals surface area (Å²) < 4.78 is 12.8. The lowest BCUT2D eigenvalue weighted by atomic mass is 10.3. The number of likely N-dealkylation sites (N-methyl/N-ethyl adjacent to an activating group) is 1. The fourth-order valence-corrected chi connectivity index (χ4v) is 2.45. The molecule has 1 saturated heterocycles. The van der Waals surface area contributed by atoms with Gasteiger partial charge in [0.05, 0.1) is 12.4 Å². The first-order valence-corrected chi connectivity index (χ1v) is 7.43. The molecule has 3 heterocycles. The molecule has 0 bridgehead atoms. The van der Waals surface area contributed by atoms with E-state index in [9.17, 15) is 4.39 Å². The van der Waals surface area contributed by atoms with E-state index < -0.39 is 5.82 Å². The lowest BCUT2D eigenvalue weighted by molar-refractivity contribution is 0.270. The number of pyridine rings is 1. The van der Waals surface area contributed by atoms with E-state index in [1.807, 2.05) is 18.2 Å². The number of hydrogen-bond acceptors (Lipinski definition) is 6. The number of nitrogens with one attached hydrogen (secondary N) is 1. The third kappa shape index (κ3) is 3.48. The third-order valence-corrected chi connectivity index (χ3v) is 3.74. The van der Waals surface area contributed by atoms with Crippen LogP contribution in [0.1, 0.15) is 6.92 Å². The smallest absolute Gasteiger partial charge is 0.228 e. The molecule has 7 heteroatoms. The van der Waals surface area contributed by atoms with Gasteiger partial charge in [0.25, 0.3) is 0 Å². The minimum atomic E-state index is -0.457. The van der Waals surface area contributed by atoms with Crippen LogP contribution in [0.2, 0.25) is 0 Å². The first-order valence-electron chi connectivity index (χ1n) is 7.43. The van der Waals surface area contributed by atoms with E-state index in [1.54, 1.807) is 0 Å². The molecular weight excluding hydrogens is 283 g/mol. The molecule has 6 nitrogen and oxygen atoms in total. The van der Waals surface area contributed by atoms with Crippen LogP contribution in [0.5, 0.6) is 0 Å². The molecular formula is C15H19FN6. The maximum Gasteiger partial charge on any atom is 0.228 e. The van der Waals surface area contributed by atoms with E-state index >= 15 is 0 Å². The van der Waals surface area contributed by atoms with Crippen LogP contribution >= 0.6 is 0 Å². The lowest BCUT2D eigenvalue weighted by Crippen LogP contribution is -2.46. The molecule has 0 aromatic carbocycles. The highest BCUT2D eigenvalue weighted by atomic mass is 19.1. The summed E-state index contributed by atoms with van der Waals surface area (Å²) in [6.07, 6.45) is 2.26. The normalized spacial score (nSPS) is 15.8. The average Bonchev–Trinajstić information content (AvgIpc) is 2.57. The molecule has 1 aliphatic rings. The van der Waals surface area contributed by atoms with Crippen LogP contribution in [0.15, 0.2) is 30.6 Å². The molecule has 3 rings (SSSR count). The van der Waals surface area contributed by atoms with Crippen molar-refractivity contribution in [3.8, 4) is 0 Å². The molecule has 1 fully saturated rings. The lowest BCUT2D eigenvalue weighted by Gasteiger charge is -2.34. The second-order valence-electron chi connectivity index (χ2n) is 5.15. The van der Waals surface area contributed by atoms with E-state index in [1.165, 1.54) is 0 Å². The zero-order valence-corrected chi connectivity index (χ0v) is 12.5. The van der Waals surface area contributed by atoms with Gasteiger partial charge in [-0.05, 0) is 18.7 Å². The van der Waals surface area contributed by atoms with E-state index in [0.717, 1.165) is 50.9 Å². The van der Waals surface area contributed by atoms with Crippen LogP contribution in [0.4, 0.5) is 22.0 Å². The largest absolute Gasteiger partial charge is 0.354 e. The summed E-state index contributed by atoms with van der Waals surface area (Å²) >= 11 is 0. The standard InChI is InChI=1S/C15H19FN6/c1-2-21-6-8-22(9-7-21)14-5-3-4-13(19-14)20-15-17-10-12(16)11-18-15/h3-5,10-11H,2,6-9H2,1H3,(H,17,18,19,20). The third-order valence-electron chi connectivity index (χ3n) is 3.74. The van der Waals surface area contributed by atoms with Crippen LogP contribution in [0, 0.1) is 5.82 Å². The Hall–Kier alpha value is -2.28. The zero-order valence-electron chi connectivity index (χ0n) is 12.5. The molecule has 0 atom stereocenters. The summed E-state index contributed by atoms with van der Waals surface area (Å²) in [5.74, 6) is 1.47. The molecule has 2 aromatic rings. The number of piperazine rings is 1. The fraction of sp³-hybridized carbons (Fsp3) is 0.400. The number of anilines is 3. The van der Waals surface area contributed by atoms with Crippen LogP contribution in [-0.2, 0) is 0 Å². The molecule has 0 radical (unpaired) electrons. The van der Waals surface area contributed by atoms with Gasteiger partial charge in [0.1, 0.15) is 11.6 Å². The molecule has 0 saturated carbocycles. The van der Waals surface area contributed by atoms with E-state index in [0.29, 0.717) is 11.8 Å². The van der Waals surface area contributed by atoms with Crippen molar-refractivity contribution < 1.29 is 4.39 Å². The second kappa shape index (κ2) is 6.65. The first kappa shape index (κ1) is 14.6. The summed E-state index contributed by atoms with van der Waals surface area (Å²) in [6.45, 7) is 7.31. The average molecular weight is 302 g/mol. The van der Waals surface area contributed by atoms with Crippen molar-refractivity contribution >= 4 is 17.6 Å². The van der Waals surface area contributed by atoms with Crippen molar-refractivity contribution in [2.24, 2.45) is 0 Å². The Balaban J connectivity index is 1.68. The number of halogens is 1. The van der Waals surface area contributed by atoms with Crippen molar-refractivity contribution in [1.82, 2.24) is 19.9 Å². The van der Waals surface area contributed by atoms with Crippen LogP contribution < -0.4 is 10.2 Å². The van der Waals surface area contributed by atoms with Crippen LogP contribution in [-0.4, -0.2) is 52.6 Å². The highest BCUT2D eigenvalue weighted by molar-refractivity contribution is 5.52. The predicted molar refractivity (Wildman–Crippen MR) is 83.8 cm³/mol. The Bertz CT molecular complexity index is 610. The fourth-order valence-electron chi connectivity index (χ4n) is 2.45. The van der Waals surface area contributed by atoms with E-state index in [4.69, 9.17) is 0 Å². The zero-order chi connectivity index (χ0) is 15.4. The predicted octanol–water partition coefficient (Wildman–Crippen LogP) is 1.90. The van der Waals surface area contributed by atoms with Crippen molar-refractivity contribution in [2.45, 2.75) is 6.92 Å². The topological polar surface area (TPSA) is 57.2 Å². The number of rotatable bonds is 4. The van der Waals surface area contributed by atoms with Gasteiger partial charge in [-0.1, -0.05) is 13.0 Å². The van der Waals surface area contributed by atoms with Crippen LogP contribution in [0.25, 0.3) is 0 Å². The summed E-state index contributed by atoms with van der Waals surface area (Å²) in [4.78, 5) is 17.0. The highest BCUT2D eigenvalue weighted by Gasteiger charge is 2.16. The summed E-state index contributed by atoms with van der Waals surface area (Å²) in [6, 6.07) is 5.79. The minimum absolute atomic E-state index is 0.335. The SMILES string of the molecule is CCN1CCN(c2cccc(Nc3ncc(F)cn3)n2)CC1. The Morgan fingerprint density at radius 1 is 1.14 bits per heavy atom. The van der Waals surface area contributed by atoms with Gasteiger partial charge in [-0.15, -0.1) is 0 Å². The Morgan fingerprint density at radius 3 is 2.55 bits per heavy atom. The minimum Gasteiger partial charge on any atom is -0.354 e. The Morgan fingerprint density at radius 2 is 1.86 bits per heavy atom. The highest BCUT2D eigenvalue weighted by Crippen LogP contribution is 2.18. The summed E-state index contributed by atoms with van der Waals surface area (Å²) in [5.41, 5.74) is 0. The van der Waals surface area contributed by atoms with Gasteiger partial charge in [-0.25, -0.2) is 19.3 Å². The monoisotopic (exact) mass is 302 g/mol. The van der Waals surface area contributed by atoms with Gasteiger partial charge < -0.3 is 15.1 Å².